The zero-order chi connectivity index (χ0) is 14.9. The lowest BCUT2D eigenvalue weighted by atomic mass is 10.1. The van der Waals surface area contributed by atoms with E-state index in [1.54, 1.807) is 27.8 Å². The average molecular weight is 323 g/mol. The Morgan fingerprint density at radius 3 is 3.10 bits per heavy atom. The molecule has 0 amide bonds. The number of nitrogens with one attached hydrogen (secondary N) is 1. The summed E-state index contributed by atoms with van der Waals surface area (Å²) < 4.78 is 27.0. The Morgan fingerprint density at radius 2 is 2.29 bits per heavy atom. The molecule has 1 aliphatic heterocycles. The predicted molar refractivity (Wildman–Crippen MR) is 84.0 cm³/mol. The lowest BCUT2D eigenvalue weighted by Crippen LogP contribution is -2.35. The van der Waals surface area contributed by atoms with Crippen molar-refractivity contribution in [2.45, 2.75) is 24.8 Å². The van der Waals surface area contributed by atoms with E-state index < -0.39 is 10.0 Å². The summed E-state index contributed by atoms with van der Waals surface area (Å²) in [6.07, 6.45) is 2.32. The van der Waals surface area contributed by atoms with E-state index in [-0.39, 0.29) is 0 Å². The van der Waals surface area contributed by atoms with Crippen molar-refractivity contribution in [3.05, 3.63) is 40.2 Å². The molecular formula is C14H17N3O2S2. The van der Waals surface area contributed by atoms with Gasteiger partial charge in [0.2, 0.25) is 10.0 Å². The third-order valence-electron chi connectivity index (χ3n) is 3.50. The molecule has 0 saturated carbocycles. The van der Waals surface area contributed by atoms with Crippen LogP contribution in [0.25, 0.3) is 0 Å². The molecule has 0 spiro atoms. The summed E-state index contributed by atoms with van der Waals surface area (Å²) in [5, 5.41) is 5.07. The van der Waals surface area contributed by atoms with Gasteiger partial charge in [0.25, 0.3) is 0 Å². The number of hydrogen-bond acceptors (Lipinski definition) is 5. The van der Waals surface area contributed by atoms with E-state index in [9.17, 15) is 8.42 Å². The minimum atomic E-state index is -3.47. The van der Waals surface area contributed by atoms with Gasteiger partial charge in [0, 0.05) is 36.8 Å². The standard InChI is InChI=1S/C14H17N3O2S2/c1-2-15-14-9-12(3-6-16-14)21(18,19)17-7-4-13-11(10-17)5-8-20-13/h3,5-6,8-9H,2,4,7,10H2,1H3,(H,15,16). The van der Waals surface area contributed by atoms with Crippen molar-refractivity contribution in [3.63, 3.8) is 0 Å². The van der Waals surface area contributed by atoms with Crippen molar-refractivity contribution >= 4 is 27.2 Å². The second-order valence-corrected chi connectivity index (χ2v) is 7.80. The molecule has 0 aromatic carbocycles. The lowest BCUT2D eigenvalue weighted by molar-refractivity contribution is 0.394. The Balaban J connectivity index is 1.89. The highest BCUT2D eigenvalue weighted by atomic mass is 32.2. The molecule has 2 aromatic rings. The van der Waals surface area contributed by atoms with Gasteiger partial charge in [-0.25, -0.2) is 13.4 Å². The van der Waals surface area contributed by atoms with Crippen molar-refractivity contribution in [3.8, 4) is 0 Å². The summed E-state index contributed by atoms with van der Waals surface area (Å²) in [6.45, 7) is 3.65. The SMILES string of the molecule is CCNc1cc(S(=O)(=O)N2CCc3sccc3C2)ccn1. The average Bonchev–Trinajstić information content (AvgIpc) is 2.95. The smallest absolute Gasteiger partial charge is 0.243 e. The molecule has 5 nitrogen and oxygen atoms in total. The molecule has 7 heteroatoms. The molecule has 0 atom stereocenters. The fourth-order valence-electron chi connectivity index (χ4n) is 2.43. The first kappa shape index (κ1) is 14.5. The molecule has 3 heterocycles. The molecule has 0 aliphatic carbocycles. The zero-order valence-corrected chi connectivity index (χ0v) is 13.4. The van der Waals surface area contributed by atoms with Crippen LogP contribution in [-0.4, -0.2) is 30.8 Å². The molecule has 2 aromatic heterocycles. The topological polar surface area (TPSA) is 62.3 Å². The van der Waals surface area contributed by atoms with Gasteiger partial charge in [-0.2, -0.15) is 4.31 Å². The summed E-state index contributed by atoms with van der Waals surface area (Å²) in [6, 6.07) is 5.17. The van der Waals surface area contributed by atoms with Gasteiger partial charge in [-0.15, -0.1) is 11.3 Å². The van der Waals surface area contributed by atoms with Gasteiger partial charge in [0.05, 0.1) is 4.90 Å². The zero-order valence-electron chi connectivity index (χ0n) is 11.7. The normalized spacial score (nSPS) is 15.7. The lowest BCUT2D eigenvalue weighted by Gasteiger charge is -2.26. The van der Waals surface area contributed by atoms with Crippen LogP contribution < -0.4 is 5.32 Å². The van der Waals surface area contributed by atoms with Crippen LogP contribution in [-0.2, 0) is 23.0 Å². The van der Waals surface area contributed by atoms with Crippen LogP contribution in [0.15, 0.2) is 34.7 Å². The number of rotatable bonds is 4. The first-order valence-corrected chi connectivity index (χ1v) is 9.18. The Kier molecular flexibility index (Phi) is 3.97. The molecule has 0 radical (unpaired) electrons. The van der Waals surface area contributed by atoms with Crippen LogP contribution in [0.4, 0.5) is 5.82 Å². The summed E-state index contributed by atoms with van der Waals surface area (Å²) in [4.78, 5) is 5.72. The van der Waals surface area contributed by atoms with Crippen molar-refractivity contribution in [1.29, 1.82) is 0 Å². The van der Waals surface area contributed by atoms with Crippen LogP contribution in [0, 0.1) is 0 Å². The summed E-state index contributed by atoms with van der Waals surface area (Å²) in [5.74, 6) is 0.590. The van der Waals surface area contributed by atoms with Crippen LogP contribution >= 0.6 is 11.3 Å². The Bertz CT molecular complexity index is 740. The van der Waals surface area contributed by atoms with Gasteiger partial charge in [0.15, 0.2) is 0 Å². The molecule has 1 aliphatic rings. The Hall–Kier alpha value is -1.44. The van der Waals surface area contributed by atoms with E-state index in [0.29, 0.717) is 30.3 Å². The van der Waals surface area contributed by atoms with Crippen LogP contribution in [0.5, 0.6) is 0 Å². The molecular weight excluding hydrogens is 306 g/mol. The number of sulfonamides is 1. The molecule has 1 N–H and O–H groups in total. The highest BCUT2D eigenvalue weighted by Crippen LogP contribution is 2.28. The maximum absolute atomic E-state index is 12.7. The quantitative estimate of drug-likeness (QED) is 0.938. The third-order valence-corrected chi connectivity index (χ3v) is 6.36. The second-order valence-electron chi connectivity index (χ2n) is 4.86. The predicted octanol–water partition coefficient (Wildman–Crippen LogP) is 2.32. The van der Waals surface area contributed by atoms with Crippen molar-refractivity contribution in [1.82, 2.24) is 9.29 Å². The number of pyridine rings is 1. The van der Waals surface area contributed by atoms with E-state index in [1.807, 2.05) is 18.4 Å². The first-order valence-electron chi connectivity index (χ1n) is 6.86. The highest BCUT2D eigenvalue weighted by molar-refractivity contribution is 7.89. The van der Waals surface area contributed by atoms with Crippen molar-refractivity contribution < 1.29 is 8.42 Å². The van der Waals surface area contributed by atoms with E-state index in [2.05, 4.69) is 10.3 Å². The minimum absolute atomic E-state index is 0.298. The van der Waals surface area contributed by atoms with Gasteiger partial charge in [0.1, 0.15) is 5.82 Å². The molecule has 3 rings (SSSR count). The molecule has 0 unspecified atom stereocenters. The second kappa shape index (κ2) is 5.75. The van der Waals surface area contributed by atoms with E-state index >= 15 is 0 Å². The van der Waals surface area contributed by atoms with E-state index in [4.69, 9.17) is 0 Å². The van der Waals surface area contributed by atoms with Gasteiger partial charge in [-0.3, -0.25) is 0 Å². The van der Waals surface area contributed by atoms with Crippen molar-refractivity contribution in [2.75, 3.05) is 18.4 Å². The number of fused-ring (bicyclic) bond motifs is 1. The van der Waals surface area contributed by atoms with Gasteiger partial charge < -0.3 is 5.32 Å². The maximum atomic E-state index is 12.7. The summed E-state index contributed by atoms with van der Waals surface area (Å²) in [5.41, 5.74) is 1.12. The van der Waals surface area contributed by atoms with Gasteiger partial charge in [-0.1, -0.05) is 0 Å². The fourth-order valence-corrected chi connectivity index (χ4v) is 4.75. The van der Waals surface area contributed by atoms with Crippen LogP contribution in [0.3, 0.4) is 0 Å². The van der Waals surface area contributed by atoms with Crippen LogP contribution in [0.2, 0.25) is 0 Å². The Labute approximate surface area is 128 Å². The molecule has 0 fully saturated rings. The first-order chi connectivity index (χ1) is 10.1. The number of anilines is 1. The highest BCUT2D eigenvalue weighted by Gasteiger charge is 2.29. The summed E-state index contributed by atoms with van der Waals surface area (Å²) in [7, 11) is -3.47. The monoisotopic (exact) mass is 323 g/mol. The molecule has 21 heavy (non-hydrogen) atoms. The Morgan fingerprint density at radius 1 is 1.43 bits per heavy atom. The number of thiophene rings is 1. The number of aromatic nitrogens is 1. The summed E-state index contributed by atoms with van der Waals surface area (Å²) >= 11 is 1.70. The largest absolute Gasteiger partial charge is 0.370 e. The fraction of sp³-hybridized carbons (Fsp3) is 0.357. The molecule has 0 saturated heterocycles. The van der Waals surface area contributed by atoms with Crippen molar-refractivity contribution in [2.24, 2.45) is 0 Å². The number of hydrogen-bond donors (Lipinski definition) is 1. The van der Waals surface area contributed by atoms with Gasteiger partial charge >= 0.3 is 0 Å². The number of nitrogens with zero attached hydrogens (tertiary/aromatic N) is 2. The molecule has 0 bridgehead atoms. The maximum Gasteiger partial charge on any atom is 0.243 e. The minimum Gasteiger partial charge on any atom is -0.370 e. The van der Waals surface area contributed by atoms with E-state index in [1.165, 1.54) is 11.1 Å². The molecule has 112 valence electrons. The van der Waals surface area contributed by atoms with Gasteiger partial charge in [-0.05, 0) is 36.4 Å². The van der Waals surface area contributed by atoms with E-state index in [0.717, 1.165) is 12.0 Å². The van der Waals surface area contributed by atoms with Crippen LogP contribution in [0.1, 0.15) is 17.4 Å². The third kappa shape index (κ3) is 2.81.